The van der Waals surface area contributed by atoms with Crippen LogP contribution in [0.15, 0.2) is 0 Å². The standard InChI is InChI=1S/C20H52O8Si5/c1-21-29(22-2)13-9-17-33(18-10-14-30(23-3)24-4,19-11-15-31(25-5)26-6)20-12-16-32(27-7)28-8/h29-32H,9-20H2,1-8H3. The van der Waals surface area contributed by atoms with E-state index in [2.05, 4.69) is 0 Å². The van der Waals surface area contributed by atoms with Crippen molar-refractivity contribution in [2.45, 2.75) is 74.0 Å². The molecule has 0 atom stereocenters. The molecule has 200 valence electrons. The van der Waals surface area contributed by atoms with Crippen LogP contribution in [0.1, 0.15) is 25.7 Å². The summed E-state index contributed by atoms with van der Waals surface area (Å²) in [7, 11) is 6.67. The smallest absolute Gasteiger partial charge is 0.320 e. The Morgan fingerprint density at radius 1 is 0.364 bits per heavy atom. The Morgan fingerprint density at radius 3 is 0.697 bits per heavy atom. The molecule has 0 spiro atoms. The van der Waals surface area contributed by atoms with Gasteiger partial charge in [-0.15, -0.1) is 0 Å². The molecule has 0 aliphatic rings. The molecule has 0 aromatic heterocycles. The van der Waals surface area contributed by atoms with Gasteiger partial charge in [-0.2, -0.15) is 0 Å². The van der Waals surface area contributed by atoms with E-state index in [1.807, 2.05) is 0 Å². The molecule has 0 aliphatic carbocycles. The Morgan fingerprint density at radius 2 is 0.545 bits per heavy atom. The third-order valence-corrected chi connectivity index (χ3v) is 20.1. The van der Waals surface area contributed by atoms with Gasteiger partial charge >= 0.3 is 37.1 Å². The molecule has 0 saturated heterocycles. The van der Waals surface area contributed by atoms with Crippen LogP contribution < -0.4 is 0 Å². The zero-order chi connectivity index (χ0) is 25.0. The number of hydrogen-bond acceptors (Lipinski definition) is 8. The van der Waals surface area contributed by atoms with Crippen molar-refractivity contribution in [3.63, 3.8) is 0 Å². The van der Waals surface area contributed by atoms with Gasteiger partial charge in [-0.3, -0.25) is 0 Å². The van der Waals surface area contributed by atoms with Crippen molar-refractivity contribution < 1.29 is 35.4 Å². The largest absolute Gasteiger partial charge is 0.400 e. The van der Waals surface area contributed by atoms with Crippen LogP contribution in [0.5, 0.6) is 0 Å². The lowest BCUT2D eigenvalue weighted by Gasteiger charge is -2.34. The second-order valence-corrected chi connectivity index (χ2v) is 23.2. The maximum atomic E-state index is 5.59. The van der Waals surface area contributed by atoms with Crippen molar-refractivity contribution in [3.05, 3.63) is 0 Å². The van der Waals surface area contributed by atoms with Gasteiger partial charge in [0.15, 0.2) is 0 Å². The predicted molar refractivity (Wildman–Crippen MR) is 147 cm³/mol. The third kappa shape index (κ3) is 15.5. The van der Waals surface area contributed by atoms with Crippen molar-refractivity contribution >= 4 is 45.2 Å². The van der Waals surface area contributed by atoms with Gasteiger partial charge in [-0.05, 0) is 24.2 Å². The van der Waals surface area contributed by atoms with E-state index in [1.165, 1.54) is 49.9 Å². The maximum Gasteiger partial charge on any atom is 0.320 e. The molecule has 0 unspecified atom stereocenters. The van der Waals surface area contributed by atoms with E-state index in [0.29, 0.717) is 0 Å². The Bertz CT molecular complexity index is 348. The van der Waals surface area contributed by atoms with Gasteiger partial charge in [-0.1, -0.05) is 49.9 Å². The lowest BCUT2D eigenvalue weighted by atomic mass is 10.5. The summed E-state index contributed by atoms with van der Waals surface area (Å²) in [6, 6.07) is 9.63. The van der Waals surface area contributed by atoms with Gasteiger partial charge in [0.25, 0.3) is 0 Å². The minimum absolute atomic E-state index is 1.08. The van der Waals surface area contributed by atoms with Crippen LogP contribution in [0.4, 0.5) is 0 Å². The van der Waals surface area contributed by atoms with Crippen LogP contribution in [0.2, 0.25) is 48.4 Å². The van der Waals surface area contributed by atoms with Crippen LogP contribution in [0.3, 0.4) is 0 Å². The lowest BCUT2D eigenvalue weighted by molar-refractivity contribution is 0.277. The highest BCUT2D eigenvalue weighted by molar-refractivity contribution is 6.80. The molecule has 0 bridgehead atoms. The minimum Gasteiger partial charge on any atom is -0.400 e. The quantitative estimate of drug-likeness (QED) is 0.167. The molecule has 0 aromatic rings. The van der Waals surface area contributed by atoms with Crippen molar-refractivity contribution in [1.82, 2.24) is 0 Å². The lowest BCUT2D eigenvalue weighted by Crippen LogP contribution is -2.36. The van der Waals surface area contributed by atoms with E-state index in [1.54, 1.807) is 56.9 Å². The van der Waals surface area contributed by atoms with E-state index < -0.39 is 45.2 Å². The van der Waals surface area contributed by atoms with E-state index in [-0.39, 0.29) is 0 Å². The SMILES string of the molecule is CO[SiH](CCC[Si](CCC[SiH](OC)OC)(CCC[SiH](OC)OC)CCC[SiH](OC)OC)OC. The molecule has 0 saturated carbocycles. The van der Waals surface area contributed by atoms with E-state index in [0.717, 1.165) is 24.2 Å². The number of rotatable bonds is 24. The molecule has 0 aliphatic heterocycles. The van der Waals surface area contributed by atoms with Gasteiger partial charge in [0.1, 0.15) is 0 Å². The maximum absolute atomic E-state index is 5.59. The van der Waals surface area contributed by atoms with Crippen LogP contribution in [-0.2, 0) is 35.4 Å². The average Bonchev–Trinajstić information content (AvgIpc) is 2.85. The van der Waals surface area contributed by atoms with Gasteiger partial charge in [0, 0.05) is 56.9 Å². The highest BCUT2D eigenvalue weighted by Crippen LogP contribution is 2.35. The van der Waals surface area contributed by atoms with Gasteiger partial charge in [0.05, 0.1) is 8.07 Å². The van der Waals surface area contributed by atoms with E-state index >= 15 is 0 Å². The van der Waals surface area contributed by atoms with Gasteiger partial charge < -0.3 is 35.4 Å². The molecule has 33 heavy (non-hydrogen) atoms. The fraction of sp³-hybridized carbons (Fsp3) is 1.00. The fourth-order valence-electron chi connectivity index (χ4n) is 4.65. The molecular formula is C20H52O8Si5. The summed E-state index contributed by atoms with van der Waals surface area (Å²) in [5.41, 5.74) is 0. The highest BCUT2D eigenvalue weighted by Gasteiger charge is 2.33. The summed E-state index contributed by atoms with van der Waals surface area (Å²) < 4.78 is 44.7. The summed E-state index contributed by atoms with van der Waals surface area (Å²) >= 11 is 0. The Hall–Kier alpha value is 0.764. The fourth-order valence-corrected chi connectivity index (χ4v) is 16.4. The Kier molecular flexibility index (Phi) is 22.5. The second-order valence-electron chi connectivity index (χ2n) is 8.67. The summed E-state index contributed by atoms with van der Waals surface area (Å²) in [6.07, 6.45) is 4.80. The molecule has 0 aromatic carbocycles. The average molecular weight is 561 g/mol. The zero-order valence-corrected chi connectivity index (χ0v) is 28.2. The molecule has 0 radical (unpaired) electrons. The first-order valence-corrected chi connectivity index (χ1v) is 22.1. The zero-order valence-electron chi connectivity index (χ0n) is 22.6. The summed E-state index contributed by atoms with van der Waals surface area (Å²) in [4.78, 5) is 0. The monoisotopic (exact) mass is 560 g/mol. The summed E-state index contributed by atoms with van der Waals surface area (Å²) in [5.74, 6) is 0. The van der Waals surface area contributed by atoms with Crippen molar-refractivity contribution in [3.8, 4) is 0 Å². The normalized spacial score (nSPS) is 12.7. The first-order valence-electron chi connectivity index (χ1n) is 12.2. The Labute approximate surface area is 211 Å². The van der Waals surface area contributed by atoms with Crippen molar-refractivity contribution in [2.24, 2.45) is 0 Å². The van der Waals surface area contributed by atoms with Gasteiger partial charge in [0.2, 0.25) is 0 Å². The second kappa shape index (κ2) is 22.0. The predicted octanol–water partition coefficient (Wildman–Crippen LogP) is 3.05. The van der Waals surface area contributed by atoms with Crippen LogP contribution in [-0.4, -0.2) is 102 Å². The third-order valence-electron chi connectivity index (χ3n) is 6.69. The summed E-state index contributed by atoms with van der Waals surface area (Å²) in [5, 5.41) is 0. The minimum atomic E-state index is -1.52. The molecule has 0 amide bonds. The van der Waals surface area contributed by atoms with E-state index in [9.17, 15) is 0 Å². The molecule has 0 heterocycles. The van der Waals surface area contributed by atoms with Gasteiger partial charge in [-0.25, -0.2) is 0 Å². The molecule has 0 rings (SSSR count). The van der Waals surface area contributed by atoms with Crippen LogP contribution in [0, 0.1) is 0 Å². The highest BCUT2D eigenvalue weighted by atomic mass is 28.3. The van der Waals surface area contributed by atoms with Crippen LogP contribution in [0.25, 0.3) is 0 Å². The first-order chi connectivity index (χ1) is 16.0. The first kappa shape index (κ1) is 33.8. The molecule has 8 nitrogen and oxygen atoms in total. The van der Waals surface area contributed by atoms with Crippen LogP contribution >= 0.6 is 0 Å². The number of hydrogen-bond donors (Lipinski definition) is 0. The van der Waals surface area contributed by atoms with E-state index in [4.69, 9.17) is 35.4 Å². The molecule has 0 N–H and O–H groups in total. The van der Waals surface area contributed by atoms with Crippen molar-refractivity contribution in [2.75, 3.05) is 56.9 Å². The molecule has 13 heteroatoms. The topological polar surface area (TPSA) is 73.8 Å². The molecular weight excluding hydrogens is 509 g/mol. The Balaban J connectivity index is 5.33. The summed E-state index contributed by atoms with van der Waals surface area (Å²) in [6.45, 7) is 0. The molecule has 0 fully saturated rings. The van der Waals surface area contributed by atoms with Crippen molar-refractivity contribution in [1.29, 1.82) is 0 Å².